The quantitative estimate of drug-likeness (QED) is 0.309. The van der Waals surface area contributed by atoms with Crippen molar-refractivity contribution in [3.05, 3.63) is 121 Å². The predicted molar refractivity (Wildman–Crippen MR) is 120 cm³/mol. The summed E-state index contributed by atoms with van der Waals surface area (Å²) in [5, 5.41) is 2.55. The van der Waals surface area contributed by atoms with Gasteiger partial charge in [0.05, 0.1) is 0 Å². The van der Waals surface area contributed by atoms with Crippen LogP contribution in [0.25, 0.3) is 44.2 Å². The second-order valence-corrected chi connectivity index (χ2v) is 7.09. The van der Waals surface area contributed by atoms with Gasteiger partial charge >= 0.3 is 0 Å². The van der Waals surface area contributed by atoms with Crippen molar-refractivity contribution in [1.29, 1.82) is 0 Å². The summed E-state index contributed by atoms with van der Waals surface area (Å²) in [4.78, 5) is 0. The molecule has 5 rings (SSSR count). The fourth-order valence-corrected chi connectivity index (χ4v) is 3.73. The summed E-state index contributed by atoms with van der Waals surface area (Å²) in [6.07, 6.45) is 0. The Bertz CT molecular complexity index is 1230. The van der Waals surface area contributed by atoms with E-state index in [0.717, 1.165) is 0 Å². The molecule has 0 nitrogen and oxygen atoms in total. The van der Waals surface area contributed by atoms with E-state index in [1.165, 1.54) is 44.2 Å². The highest BCUT2D eigenvalue weighted by Gasteiger charge is 2.04. The third-order valence-corrected chi connectivity index (χ3v) is 5.27. The molecule has 0 heterocycles. The van der Waals surface area contributed by atoms with E-state index in [0.29, 0.717) is 0 Å². The third kappa shape index (κ3) is 3.21. The molecule has 0 aliphatic rings. The van der Waals surface area contributed by atoms with Gasteiger partial charge in [0.2, 0.25) is 0 Å². The van der Waals surface area contributed by atoms with Crippen LogP contribution in [0.3, 0.4) is 0 Å². The van der Waals surface area contributed by atoms with Crippen molar-refractivity contribution < 1.29 is 0 Å². The minimum absolute atomic E-state index is 1.24. The number of hydrogen-bond acceptors (Lipinski definition) is 0. The van der Waals surface area contributed by atoms with E-state index in [1.807, 2.05) is 0 Å². The lowest BCUT2D eigenvalue weighted by Gasteiger charge is -2.09. The fourth-order valence-electron chi connectivity index (χ4n) is 3.73. The van der Waals surface area contributed by atoms with Crippen molar-refractivity contribution >= 4 is 10.8 Å². The minimum Gasteiger partial charge on any atom is -0.0622 e. The molecule has 0 unspecified atom stereocenters. The standard InChI is InChI=1S/C28H20/c1-2-7-21(8-3-1)23-13-15-24(16-14-23)26-11-6-12-27(19-26)28-18-17-22-9-4-5-10-25(22)20-28/h1-20H. The van der Waals surface area contributed by atoms with Gasteiger partial charge in [0.1, 0.15) is 0 Å². The second-order valence-electron chi connectivity index (χ2n) is 7.09. The van der Waals surface area contributed by atoms with Crippen molar-refractivity contribution in [1.82, 2.24) is 0 Å². The SMILES string of the molecule is c1ccc(-c2ccc(-c3cccc(-c4ccc5ccccc5c4)c3)cc2)cc1. The Balaban J connectivity index is 1.50. The maximum absolute atomic E-state index is 2.28. The van der Waals surface area contributed by atoms with Gasteiger partial charge in [0, 0.05) is 0 Å². The summed E-state index contributed by atoms with van der Waals surface area (Å²) in [5.74, 6) is 0. The molecular formula is C28H20. The van der Waals surface area contributed by atoms with Gasteiger partial charge in [-0.05, 0) is 56.3 Å². The van der Waals surface area contributed by atoms with Crippen LogP contribution in [-0.4, -0.2) is 0 Å². The second kappa shape index (κ2) is 7.17. The number of rotatable bonds is 3. The highest BCUT2D eigenvalue weighted by molar-refractivity contribution is 5.88. The van der Waals surface area contributed by atoms with Crippen molar-refractivity contribution in [3.8, 4) is 33.4 Å². The highest BCUT2D eigenvalue weighted by Crippen LogP contribution is 2.30. The van der Waals surface area contributed by atoms with Gasteiger partial charge in [-0.1, -0.05) is 109 Å². The number of benzene rings is 5. The molecule has 0 amide bonds. The molecule has 0 saturated carbocycles. The predicted octanol–water partition coefficient (Wildman–Crippen LogP) is 7.84. The maximum Gasteiger partial charge on any atom is -0.0177 e. The van der Waals surface area contributed by atoms with Gasteiger partial charge in [-0.25, -0.2) is 0 Å². The van der Waals surface area contributed by atoms with Gasteiger partial charge in [-0.15, -0.1) is 0 Å². The van der Waals surface area contributed by atoms with Crippen LogP contribution in [0.1, 0.15) is 0 Å². The Morgan fingerprint density at radius 3 is 1.46 bits per heavy atom. The molecule has 0 aliphatic heterocycles. The zero-order valence-corrected chi connectivity index (χ0v) is 15.5. The molecule has 132 valence electrons. The summed E-state index contributed by atoms with van der Waals surface area (Å²) in [6.45, 7) is 0. The van der Waals surface area contributed by atoms with Crippen LogP contribution < -0.4 is 0 Å². The van der Waals surface area contributed by atoms with Crippen LogP contribution in [0.2, 0.25) is 0 Å². The molecule has 5 aromatic rings. The molecule has 5 aromatic carbocycles. The van der Waals surface area contributed by atoms with Crippen molar-refractivity contribution in [2.75, 3.05) is 0 Å². The fraction of sp³-hybridized carbons (Fsp3) is 0. The Kier molecular flexibility index (Phi) is 4.23. The molecule has 0 spiro atoms. The van der Waals surface area contributed by atoms with Crippen LogP contribution >= 0.6 is 0 Å². The first kappa shape index (κ1) is 16.5. The lowest BCUT2D eigenvalue weighted by molar-refractivity contribution is 1.58. The van der Waals surface area contributed by atoms with E-state index in [-0.39, 0.29) is 0 Å². The maximum atomic E-state index is 2.28. The normalized spacial score (nSPS) is 10.9. The van der Waals surface area contributed by atoms with Crippen molar-refractivity contribution in [2.45, 2.75) is 0 Å². The summed E-state index contributed by atoms with van der Waals surface area (Å²) in [6, 6.07) is 43.3. The first-order chi connectivity index (χ1) is 13.9. The van der Waals surface area contributed by atoms with Gasteiger partial charge in [0.15, 0.2) is 0 Å². The average Bonchev–Trinajstić information content (AvgIpc) is 2.79. The molecule has 28 heavy (non-hydrogen) atoms. The van der Waals surface area contributed by atoms with Crippen LogP contribution in [0.15, 0.2) is 121 Å². The molecule has 0 atom stereocenters. The summed E-state index contributed by atoms with van der Waals surface area (Å²) < 4.78 is 0. The number of hydrogen-bond donors (Lipinski definition) is 0. The van der Waals surface area contributed by atoms with Crippen LogP contribution in [0, 0.1) is 0 Å². The molecular weight excluding hydrogens is 336 g/mol. The average molecular weight is 356 g/mol. The van der Waals surface area contributed by atoms with E-state index in [2.05, 4.69) is 121 Å². The zero-order valence-electron chi connectivity index (χ0n) is 15.5. The number of fused-ring (bicyclic) bond motifs is 1. The smallest absolute Gasteiger partial charge is 0.0177 e. The Labute approximate surface area is 165 Å². The van der Waals surface area contributed by atoms with Crippen LogP contribution in [0.5, 0.6) is 0 Å². The molecule has 0 saturated heterocycles. The zero-order chi connectivity index (χ0) is 18.8. The Morgan fingerprint density at radius 2 is 0.714 bits per heavy atom. The Hall–Kier alpha value is -3.64. The van der Waals surface area contributed by atoms with Gasteiger partial charge in [0.25, 0.3) is 0 Å². The van der Waals surface area contributed by atoms with E-state index >= 15 is 0 Å². The molecule has 0 aromatic heterocycles. The minimum atomic E-state index is 1.24. The van der Waals surface area contributed by atoms with Gasteiger partial charge in [-0.3, -0.25) is 0 Å². The Morgan fingerprint density at radius 1 is 0.250 bits per heavy atom. The van der Waals surface area contributed by atoms with Crippen molar-refractivity contribution in [2.24, 2.45) is 0 Å². The van der Waals surface area contributed by atoms with Crippen molar-refractivity contribution in [3.63, 3.8) is 0 Å². The lowest BCUT2D eigenvalue weighted by atomic mass is 9.96. The van der Waals surface area contributed by atoms with Crippen LogP contribution in [0.4, 0.5) is 0 Å². The topological polar surface area (TPSA) is 0 Å². The van der Waals surface area contributed by atoms with E-state index in [4.69, 9.17) is 0 Å². The first-order valence-electron chi connectivity index (χ1n) is 9.62. The van der Waals surface area contributed by atoms with E-state index in [9.17, 15) is 0 Å². The molecule has 0 heteroatoms. The molecule has 0 bridgehead atoms. The molecule has 0 radical (unpaired) electrons. The third-order valence-electron chi connectivity index (χ3n) is 5.27. The van der Waals surface area contributed by atoms with E-state index < -0.39 is 0 Å². The van der Waals surface area contributed by atoms with Gasteiger partial charge < -0.3 is 0 Å². The monoisotopic (exact) mass is 356 g/mol. The summed E-state index contributed by atoms with van der Waals surface area (Å²) in [7, 11) is 0. The van der Waals surface area contributed by atoms with Gasteiger partial charge in [-0.2, -0.15) is 0 Å². The first-order valence-corrected chi connectivity index (χ1v) is 9.62. The summed E-state index contributed by atoms with van der Waals surface area (Å²) in [5.41, 5.74) is 7.47. The molecule has 0 fully saturated rings. The van der Waals surface area contributed by atoms with Crippen LogP contribution in [-0.2, 0) is 0 Å². The highest BCUT2D eigenvalue weighted by atomic mass is 14.1. The molecule has 0 aliphatic carbocycles. The largest absolute Gasteiger partial charge is 0.0622 e. The molecule has 0 N–H and O–H groups in total. The lowest BCUT2D eigenvalue weighted by Crippen LogP contribution is -1.83. The summed E-state index contributed by atoms with van der Waals surface area (Å²) >= 11 is 0. The van der Waals surface area contributed by atoms with E-state index in [1.54, 1.807) is 0 Å².